The van der Waals surface area contributed by atoms with Crippen molar-refractivity contribution in [3.8, 4) is 0 Å². The standard InChI is InChI=1S/C12H18N2O/c1-2-11-5-3-4-8-14(11)12(15)10-6-7-13-9-10/h6-7,9,11,13H,2-5,8H2,1H3. The molecule has 0 saturated carbocycles. The van der Waals surface area contributed by atoms with Crippen LogP contribution in [-0.4, -0.2) is 28.4 Å². The van der Waals surface area contributed by atoms with Gasteiger partial charge in [-0.1, -0.05) is 6.92 Å². The van der Waals surface area contributed by atoms with E-state index < -0.39 is 0 Å². The number of nitrogens with zero attached hydrogens (tertiary/aromatic N) is 1. The summed E-state index contributed by atoms with van der Waals surface area (Å²) in [7, 11) is 0. The zero-order valence-electron chi connectivity index (χ0n) is 9.20. The van der Waals surface area contributed by atoms with E-state index >= 15 is 0 Å². The molecule has 1 aromatic heterocycles. The number of carbonyl (C=O) groups excluding carboxylic acids is 1. The first-order chi connectivity index (χ1) is 7.33. The largest absolute Gasteiger partial charge is 0.367 e. The van der Waals surface area contributed by atoms with Crippen LogP contribution in [0.3, 0.4) is 0 Å². The first-order valence-corrected chi connectivity index (χ1v) is 5.76. The van der Waals surface area contributed by atoms with Gasteiger partial charge in [-0.25, -0.2) is 0 Å². The average Bonchev–Trinajstić information content (AvgIpc) is 2.81. The molecule has 1 fully saturated rings. The summed E-state index contributed by atoms with van der Waals surface area (Å²) in [5, 5.41) is 0. The van der Waals surface area contributed by atoms with E-state index in [0.29, 0.717) is 6.04 Å². The van der Waals surface area contributed by atoms with E-state index in [1.807, 2.05) is 11.0 Å². The van der Waals surface area contributed by atoms with Gasteiger partial charge in [0.2, 0.25) is 0 Å². The summed E-state index contributed by atoms with van der Waals surface area (Å²) in [6, 6.07) is 2.30. The van der Waals surface area contributed by atoms with E-state index in [4.69, 9.17) is 0 Å². The van der Waals surface area contributed by atoms with Crippen molar-refractivity contribution in [2.24, 2.45) is 0 Å². The second kappa shape index (κ2) is 4.51. The first-order valence-electron chi connectivity index (χ1n) is 5.76. The van der Waals surface area contributed by atoms with Crippen LogP contribution in [0.2, 0.25) is 0 Å². The molecule has 0 radical (unpaired) electrons. The fourth-order valence-corrected chi connectivity index (χ4v) is 2.32. The molecule has 1 saturated heterocycles. The third-order valence-electron chi connectivity index (χ3n) is 3.20. The highest BCUT2D eigenvalue weighted by atomic mass is 16.2. The van der Waals surface area contributed by atoms with Crippen molar-refractivity contribution in [3.05, 3.63) is 24.0 Å². The SMILES string of the molecule is CCC1CCCCN1C(=O)c1cc[nH]c1. The maximum Gasteiger partial charge on any atom is 0.255 e. The lowest BCUT2D eigenvalue weighted by atomic mass is 9.99. The minimum absolute atomic E-state index is 0.183. The lowest BCUT2D eigenvalue weighted by Crippen LogP contribution is -2.43. The number of hydrogen-bond donors (Lipinski definition) is 1. The Morgan fingerprint density at radius 1 is 1.60 bits per heavy atom. The molecule has 3 heteroatoms. The quantitative estimate of drug-likeness (QED) is 0.792. The van der Waals surface area contributed by atoms with Gasteiger partial charge in [0.1, 0.15) is 0 Å². The molecule has 0 aliphatic carbocycles. The molecule has 0 spiro atoms. The summed E-state index contributed by atoms with van der Waals surface area (Å²) in [6.07, 6.45) is 8.21. The molecule has 1 aliphatic rings. The van der Waals surface area contributed by atoms with Crippen LogP contribution in [0.15, 0.2) is 18.5 Å². The monoisotopic (exact) mass is 206 g/mol. The van der Waals surface area contributed by atoms with E-state index in [-0.39, 0.29) is 5.91 Å². The number of aromatic nitrogens is 1. The Labute approximate surface area is 90.5 Å². The number of H-pyrrole nitrogens is 1. The van der Waals surface area contributed by atoms with E-state index in [1.165, 1.54) is 6.42 Å². The van der Waals surface area contributed by atoms with Gasteiger partial charge in [-0.15, -0.1) is 0 Å². The van der Waals surface area contributed by atoms with Gasteiger partial charge in [-0.3, -0.25) is 4.79 Å². The third kappa shape index (κ3) is 2.06. The van der Waals surface area contributed by atoms with Gasteiger partial charge in [0.15, 0.2) is 0 Å². The number of piperidine rings is 1. The van der Waals surface area contributed by atoms with Gasteiger partial charge in [0.25, 0.3) is 5.91 Å². The lowest BCUT2D eigenvalue weighted by molar-refractivity contribution is 0.0608. The van der Waals surface area contributed by atoms with Gasteiger partial charge >= 0.3 is 0 Å². The zero-order valence-corrected chi connectivity index (χ0v) is 9.20. The second-order valence-electron chi connectivity index (χ2n) is 4.16. The van der Waals surface area contributed by atoms with Crippen LogP contribution in [0.25, 0.3) is 0 Å². The molecular weight excluding hydrogens is 188 g/mol. The van der Waals surface area contributed by atoms with E-state index in [9.17, 15) is 4.79 Å². The molecule has 15 heavy (non-hydrogen) atoms. The molecule has 1 unspecified atom stereocenters. The molecular formula is C12H18N2O. The lowest BCUT2D eigenvalue weighted by Gasteiger charge is -2.35. The van der Waals surface area contributed by atoms with Crippen molar-refractivity contribution >= 4 is 5.91 Å². The van der Waals surface area contributed by atoms with Crippen LogP contribution in [0.5, 0.6) is 0 Å². The average molecular weight is 206 g/mol. The summed E-state index contributed by atoms with van der Waals surface area (Å²) in [5.74, 6) is 0.183. The molecule has 1 N–H and O–H groups in total. The Balaban J connectivity index is 2.11. The molecule has 1 amide bonds. The summed E-state index contributed by atoms with van der Waals surface area (Å²) >= 11 is 0. The summed E-state index contributed by atoms with van der Waals surface area (Å²) in [6.45, 7) is 3.08. The first kappa shape index (κ1) is 10.3. The molecule has 82 valence electrons. The van der Waals surface area contributed by atoms with Crippen molar-refractivity contribution in [2.75, 3.05) is 6.54 Å². The van der Waals surface area contributed by atoms with Crippen molar-refractivity contribution < 1.29 is 4.79 Å². The summed E-state index contributed by atoms with van der Waals surface area (Å²) in [4.78, 5) is 17.1. The number of likely N-dealkylation sites (tertiary alicyclic amines) is 1. The number of amides is 1. The summed E-state index contributed by atoms with van der Waals surface area (Å²) < 4.78 is 0. The van der Waals surface area contributed by atoms with Gasteiger partial charge in [-0.05, 0) is 31.7 Å². The highest BCUT2D eigenvalue weighted by Gasteiger charge is 2.25. The van der Waals surface area contributed by atoms with Crippen LogP contribution in [0.4, 0.5) is 0 Å². The zero-order chi connectivity index (χ0) is 10.7. The van der Waals surface area contributed by atoms with E-state index in [0.717, 1.165) is 31.4 Å². The highest BCUT2D eigenvalue weighted by molar-refractivity contribution is 5.94. The van der Waals surface area contributed by atoms with Crippen molar-refractivity contribution in [1.29, 1.82) is 0 Å². The Hall–Kier alpha value is -1.25. The number of aromatic amines is 1. The Bertz CT molecular complexity index is 318. The normalized spacial score (nSPS) is 21.7. The van der Waals surface area contributed by atoms with Crippen molar-refractivity contribution in [1.82, 2.24) is 9.88 Å². The number of nitrogens with one attached hydrogen (secondary N) is 1. The van der Waals surface area contributed by atoms with Gasteiger partial charge in [0, 0.05) is 25.0 Å². The highest BCUT2D eigenvalue weighted by Crippen LogP contribution is 2.21. The second-order valence-corrected chi connectivity index (χ2v) is 4.16. The molecule has 3 nitrogen and oxygen atoms in total. The molecule has 0 bridgehead atoms. The van der Waals surface area contributed by atoms with Crippen molar-refractivity contribution in [2.45, 2.75) is 38.6 Å². The molecule has 2 rings (SSSR count). The molecule has 0 aromatic carbocycles. The molecule has 1 aliphatic heterocycles. The minimum atomic E-state index is 0.183. The van der Waals surface area contributed by atoms with Crippen LogP contribution in [-0.2, 0) is 0 Å². The Morgan fingerprint density at radius 3 is 3.13 bits per heavy atom. The third-order valence-corrected chi connectivity index (χ3v) is 3.20. The number of hydrogen-bond acceptors (Lipinski definition) is 1. The fourth-order valence-electron chi connectivity index (χ4n) is 2.32. The Kier molecular flexibility index (Phi) is 3.09. The predicted octanol–water partition coefficient (Wildman–Crippen LogP) is 2.42. The van der Waals surface area contributed by atoms with Gasteiger partial charge < -0.3 is 9.88 Å². The summed E-state index contributed by atoms with van der Waals surface area (Å²) in [5.41, 5.74) is 0.787. The number of carbonyl (C=O) groups is 1. The fraction of sp³-hybridized carbons (Fsp3) is 0.583. The van der Waals surface area contributed by atoms with Crippen molar-refractivity contribution in [3.63, 3.8) is 0 Å². The van der Waals surface area contributed by atoms with Crippen LogP contribution in [0, 0.1) is 0 Å². The smallest absolute Gasteiger partial charge is 0.255 e. The maximum atomic E-state index is 12.1. The van der Waals surface area contributed by atoms with Crippen LogP contribution in [0.1, 0.15) is 43.0 Å². The van der Waals surface area contributed by atoms with E-state index in [1.54, 1.807) is 12.4 Å². The van der Waals surface area contributed by atoms with Gasteiger partial charge in [0.05, 0.1) is 5.56 Å². The molecule has 1 aromatic rings. The number of rotatable bonds is 2. The maximum absolute atomic E-state index is 12.1. The minimum Gasteiger partial charge on any atom is -0.367 e. The van der Waals surface area contributed by atoms with E-state index in [2.05, 4.69) is 11.9 Å². The molecule has 2 heterocycles. The molecule has 1 atom stereocenters. The predicted molar refractivity (Wildman–Crippen MR) is 59.8 cm³/mol. The van der Waals surface area contributed by atoms with Crippen LogP contribution >= 0.6 is 0 Å². The van der Waals surface area contributed by atoms with Crippen LogP contribution < -0.4 is 0 Å². The topological polar surface area (TPSA) is 36.1 Å². The Morgan fingerprint density at radius 2 is 2.47 bits per heavy atom. The van der Waals surface area contributed by atoms with Gasteiger partial charge in [-0.2, -0.15) is 0 Å².